The van der Waals surface area contributed by atoms with E-state index < -0.39 is 13.6 Å². The molecule has 2 atom stereocenters. The Bertz CT molecular complexity index is 211. The summed E-state index contributed by atoms with van der Waals surface area (Å²) < 4.78 is 31.9. The SMILES string of the molecule is NC1CCCCC1N.[O]=[Cr](=[O])([OH])[OH]. The molecule has 1 fully saturated rings. The Labute approximate surface area is 79.3 Å². The second-order valence-electron chi connectivity index (χ2n) is 3.06. The molecule has 1 aliphatic rings. The van der Waals surface area contributed by atoms with Crippen LogP contribution in [-0.2, 0) is 21.2 Å². The molecule has 13 heavy (non-hydrogen) atoms. The molecule has 0 aliphatic heterocycles. The van der Waals surface area contributed by atoms with Crippen molar-refractivity contribution in [2.45, 2.75) is 37.8 Å². The van der Waals surface area contributed by atoms with E-state index in [0.29, 0.717) is 0 Å². The Kier molecular flexibility index (Phi) is 5.64. The Balaban J connectivity index is 0.000000252. The Morgan fingerprint density at radius 1 is 1.00 bits per heavy atom. The zero-order valence-corrected chi connectivity index (χ0v) is 8.53. The van der Waals surface area contributed by atoms with E-state index in [2.05, 4.69) is 0 Å². The zero-order valence-electron chi connectivity index (χ0n) is 7.26. The fourth-order valence-corrected chi connectivity index (χ4v) is 1.19. The Morgan fingerprint density at radius 2 is 1.23 bits per heavy atom. The number of nitrogens with two attached hydrogens (primary N) is 2. The molecule has 0 bridgehead atoms. The maximum absolute atomic E-state index is 8.82. The van der Waals surface area contributed by atoms with Gasteiger partial charge >= 0.3 is 29.5 Å². The summed E-state index contributed by atoms with van der Waals surface area (Å²) in [6.45, 7) is 0. The third-order valence-corrected chi connectivity index (χ3v) is 1.87. The summed E-state index contributed by atoms with van der Waals surface area (Å²) in [6, 6.07) is 0.562. The summed E-state index contributed by atoms with van der Waals surface area (Å²) in [4.78, 5) is 0. The molecule has 0 spiro atoms. The number of rotatable bonds is 0. The van der Waals surface area contributed by atoms with Crippen molar-refractivity contribution in [3.63, 3.8) is 0 Å². The van der Waals surface area contributed by atoms with Gasteiger partial charge in [-0.1, -0.05) is 12.8 Å². The van der Waals surface area contributed by atoms with Crippen LogP contribution in [0.2, 0.25) is 0 Å². The molecule has 0 radical (unpaired) electrons. The molecular formula is C6H16CrN2O4. The molecule has 1 rings (SSSR count). The van der Waals surface area contributed by atoms with Crippen LogP contribution in [0.15, 0.2) is 0 Å². The van der Waals surface area contributed by atoms with E-state index in [1.54, 1.807) is 0 Å². The summed E-state index contributed by atoms with van der Waals surface area (Å²) in [6.07, 6.45) is 4.80. The van der Waals surface area contributed by atoms with Crippen LogP contribution < -0.4 is 11.5 Å². The molecule has 0 saturated heterocycles. The van der Waals surface area contributed by atoms with E-state index in [1.807, 2.05) is 0 Å². The first kappa shape index (κ1) is 13.0. The van der Waals surface area contributed by atoms with Crippen LogP contribution in [0.4, 0.5) is 0 Å². The molecule has 6 nitrogen and oxygen atoms in total. The number of hydrogen-bond acceptors (Lipinski definition) is 4. The van der Waals surface area contributed by atoms with Gasteiger partial charge in [-0.25, -0.2) is 0 Å². The van der Waals surface area contributed by atoms with Crippen molar-refractivity contribution >= 4 is 0 Å². The van der Waals surface area contributed by atoms with Crippen LogP contribution in [0.3, 0.4) is 0 Å². The predicted molar refractivity (Wildman–Crippen MR) is 40.2 cm³/mol. The molecule has 2 unspecified atom stereocenters. The van der Waals surface area contributed by atoms with Crippen molar-refractivity contribution in [1.82, 2.24) is 0 Å². The van der Waals surface area contributed by atoms with E-state index in [9.17, 15) is 0 Å². The molecular weight excluding hydrogens is 216 g/mol. The predicted octanol–water partition coefficient (Wildman–Crippen LogP) is -1.14. The van der Waals surface area contributed by atoms with E-state index in [1.165, 1.54) is 12.8 Å². The van der Waals surface area contributed by atoms with Crippen molar-refractivity contribution in [3.05, 3.63) is 0 Å². The van der Waals surface area contributed by atoms with Gasteiger partial charge < -0.3 is 11.5 Å². The fraction of sp³-hybridized carbons (Fsp3) is 1.00. The monoisotopic (exact) mass is 232 g/mol. The van der Waals surface area contributed by atoms with Gasteiger partial charge in [-0.3, -0.25) is 0 Å². The summed E-state index contributed by atoms with van der Waals surface area (Å²) in [5, 5.41) is 0. The first-order chi connectivity index (χ1) is 5.80. The minimum absolute atomic E-state index is 0.281. The molecule has 7 heteroatoms. The summed E-state index contributed by atoms with van der Waals surface area (Å²) in [7, 11) is 0. The molecule has 0 heterocycles. The van der Waals surface area contributed by atoms with Gasteiger partial charge in [0.05, 0.1) is 0 Å². The summed E-state index contributed by atoms with van der Waals surface area (Å²) in [5.74, 6) is 0. The fourth-order valence-electron chi connectivity index (χ4n) is 1.19. The first-order valence-electron chi connectivity index (χ1n) is 4.01. The molecule has 0 aromatic rings. The van der Waals surface area contributed by atoms with Gasteiger partial charge in [0.25, 0.3) is 0 Å². The molecule has 80 valence electrons. The van der Waals surface area contributed by atoms with Crippen LogP contribution in [0.1, 0.15) is 25.7 Å². The third kappa shape index (κ3) is 9.89. The Hall–Kier alpha value is -0.0275. The van der Waals surface area contributed by atoms with Gasteiger partial charge in [0, 0.05) is 12.1 Å². The molecule has 0 aromatic heterocycles. The molecule has 1 aliphatic carbocycles. The normalized spacial score (nSPS) is 28.9. The van der Waals surface area contributed by atoms with Crippen LogP contribution in [0.25, 0.3) is 0 Å². The third-order valence-electron chi connectivity index (χ3n) is 1.87. The quantitative estimate of drug-likeness (QED) is 0.418. The first-order valence-corrected chi connectivity index (χ1v) is 6.20. The van der Waals surface area contributed by atoms with E-state index in [0.717, 1.165) is 12.8 Å². The van der Waals surface area contributed by atoms with Gasteiger partial charge in [0.15, 0.2) is 0 Å². The Morgan fingerprint density at radius 3 is 1.38 bits per heavy atom. The van der Waals surface area contributed by atoms with Gasteiger partial charge in [-0.2, -0.15) is 0 Å². The summed E-state index contributed by atoms with van der Waals surface area (Å²) >= 11 is -5.25. The topological polar surface area (TPSA) is 127 Å². The van der Waals surface area contributed by atoms with Gasteiger partial charge in [-0.05, 0) is 12.8 Å². The maximum atomic E-state index is 8.82. The second-order valence-corrected chi connectivity index (χ2v) is 4.46. The summed E-state index contributed by atoms with van der Waals surface area (Å²) in [5.41, 5.74) is 11.3. The van der Waals surface area contributed by atoms with Gasteiger partial charge in [0.2, 0.25) is 0 Å². The van der Waals surface area contributed by atoms with Crippen LogP contribution in [0.5, 0.6) is 0 Å². The van der Waals surface area contributed by atoms with Crippen molar-refractivity contribution in [2.24, 2.45) is 11.5 Å². The molecule has 1 saturated carbocycles. The van der Waals surface area contributed by atoms with E-state index in [4.69, 9.17) is 27.4 Å². The van der Waals surface area contributed by atoms with Crippen molar-refractivity contribution in [1.29, 1.82) is 0 Å². The second kappa shape index (κ2) is 5.65. The van der Waals surface area contributed by atoms with Gasteiger partial charge in [0.1, 0.15) is 0 Å². The zero-order chi connectivity index (χ0) is 10.5. The van der Waals surface area contributed by atoms with Crippen LogP contribution >= 0.6 is 0 Å². The van der Waals surface area contributed by atoms with Gasteiger partial charge in [-0.15, -0.1) is 0 Å². The standard InChI is InChI=1S/C6H14N2.Cr.2H2O.2O/c7-5-3-1-2-4-6(5)8;;;;;/h5-6H,1-4,7-8H2;;2*1H2;;/q;+2;;;;/p-2. The van der Waals surface area contributed by atoms with Crippen LogP contribution in [-0.4, -0.2) is 20.4 Å². The van der Waals surface area contributed by atoms with Crippen molar-refractivity contribution in [3.8, 4) is 0 Å². The van der Waals surface area contributed by atoms with Crippen molar-refractivity contribution in [2.75, 3.05) is 0 Å². The average molecular weight is 232 g/mol. The van der Waals surface area contributed by atoms with Crippen molar-refractivity contribution < 1.29 is 29.5 Å². The minimum atomic E-state index is -5.25. The molecule has 0 amide bonds. The number of hydrogen-bond donors (Lipinski definition) is 4. The van der Waals surface area contributed by atoms with E-state index >= 15 is 0 Å². The van der Waals surface area contributed by atoms with Crippen LogP contribution in [0, 0.1) is 0 Å². The average Bonchev–Trinajstić information content (AvgIpc) is 1.92. The molecule has 6 N–H and O–H groups in total. The van der Waals surface area contributed by atoms with E-state index in [-0.39, 0.29) is 12.1 Å². The molecule has 0 aromatic carbocycles.